The molecule has 2 aromatic rings. The predicted octanol–water partition coefficient (Wildman–Crippen LogP) is 2.94. The molecule has 0 aromatic heterocycles. The Morgan fingerprint density at radius 2 is 1.76 bits per heavy atom. The fourth-order valence-electron chi connectivity index (χ4n) is 2.02. The standard InChI is InChI=1S/C19H16N2O4/c1-12(22)16-4-3-5-17(10-16)21-18(23)13(2)25-19(24)15-8-6-14(11-20)7-9-15/h3-10,13H,1-2H3,(H,21,23). The molecule has 1 atom stereocenters. The number of nitrogens with zero attached hydrogens (tertiary/aromatic N) is 1. The number of nitrogens with one attached hydrogen (secondary N) is 1. The number of ether oxygens (including phenoxy) is 1. The van der Waals surface area contributed by atoms with Crippen molar-refractivity contribution in [3.63, 3.8) is 0 Å². The lowest BCUT2D eigenvalue weighted by Crippen LogP contribution is -2.30. The van der Waals surface area contributed by atoms with Gasteiger partial charge in [0.25, 0.3) is 5.91 Å². The van der Waals surface area contributed by atoms with Crippen LogP contribution in [0.15, 0.2) is 48.5 Å². The average Bonchev–Trinajstić information content (AvgIpc) is 2.61. The molecule has 0 aliphatic carbocycles. The summed E-state index contributed by atoms with van der Waals surface area (Å²) in [6.07, 6.45) is -1.02. The summed E-state index contributed by atoms with van der Waals surface area (Å²) in [5.41, 5.74) is 1.59. The van der Waals surface area contributed by atoms with Crippen LogP contribution in [-0.4, -0.2) is 23.8 Å². The Hall–Kier alpha value is -3.46. The van der Waals surface area contributed by atoms with Gasteiger partial charge in [0.2, 0.25) is 0 Å². The van der Waals surface area contributed by atoms with E-state index in [0.717, 1.165) is 0 Å². The Morgan fingerprint density at radius 3 is 2.36 bits per heavy atom. The van der Waals surface area contributed by atoms with Gasteiger partial charge >= 0.3 is 5.97 Å². The van der Waals surface area contributed by atoms with E-state index < -0.39 is 18.0 Å². The number of ketones is 1. The number of nitriles is 1. The summed E-state index contributed by atoms with van der Waals surface area (Å²) < 4.78 is 5.12. The number of carbonyl (C=O) groups is 3. The van der Waals surface area contributed by atoms with Crippen LogP contribution in [0.1, 0.15) is 40.1 Å². The van der Waals surface area contributed by atoms with Crippen LogP contribution >= 0.6 is 0 Å². The topological polar surface area (TPSA) is 96.3 Å². The summed E-state index contributed by atoms with van der Waals surface area (Å²) in [6, 6.07) is 14.3. The Kier molecular flexibility index (Phi) is 5.64. The number of benzene rings is 2. The van der Waals surface area contributed by atoms with E-state index in [1.54, 1.807) is 24.3 Å². The second kappa shape index (κ2) is 7.88. The second-order valence-corrected chi connectivity index (χ2v) is 5.36. The van der Waals surface area contributed by atoms with Crippen molar-refractivity contribution < 1.29 is 19.1 Å². The number of amides is 1. The Balaban J connectivity index is 1.99. The number of hydrogen-bond acceptors (Lipinski definition) is 5. The van der Waals surface area contributed by atoms with Crippen molar-refractivity contribution in [2.45, 2.75) is 20.0 Å². The maximum Gasteiger partial charge on any atom is 0.338 e. The second-order valence-electron chi connectivity index (χ2n) is 5.36. The number of anilines is 1. The Labute approximate surface area is 145 Å². The molecule has 0 saturated carbocycles. The highest BCUT2D eigenvalue weighted by molar-refractivity contribution is 5.99. The molecule has 0 aliphatic rings. The maximum atomic E-state index is 12.1. The summed E-state index contributed by atoms with van der Waals surface area (Å²) in [4.78, 5) is 35.5. The lowest BCUT2D eigenvalue weighted by molar-refractivity contribution is -0.123. The summed E-state index contributed by atoms with van der Waals surface area (Å²) in [6.45, 7) is 2.88. The minimum atomic E-state index is -1.02. The number of Topliss-reactive ketones (excluding diaryl/α,β-unsaturated/α-hetero) is 1. The molecule has 1 unspecified atom stereocenters. The van der Waals surface area contributed by atoms with E-state index in [-0.39, 0.29) is 11.3 Å². The summed E-state index contributed by atoms with van der Waals surface area (Å²) in [7, 11) is 0. The van der Waals surface area contributed by atoms with Gasteiger partial charge in [0, 0.05) is 11.3 Å². The molecular formula is C19H16N2O4. The van der Waals surface area contributed by atoms with Crippen LogP contribution < -0.4 is 5.32 Å². The molecule has 0 aliphatic heterocycles. The van der Waals surface area contributed by atoms with Crippen LogP contribution in [0.2, 0.25) is 0 Å². The molecule has 25 heavy (non-hydrogen) atoms. The monoisotopic (exact) mass is 336 g/mol. The van der Waals surface area contributed by atoms with Crippen LogP contribution in [0.25, 0.3) is 0 Å². The largest absolute Gasteiger partial charge is 0.449 e. The Morgan fingerprint density at radius 1 is 1.08 bits per heavy atom. The van der Waals surface area contributed by atoms with Crippen LogP contribution in [0.3, 0.4) is 0 Å². The smallest absolute Gasteiger partial charge is 0.338 e. The zero-order chi connectivity index (χ0) is 18.4. The van der Waals surface area contributed by atoms with Gasteiger partial charge in [0.05, 0.1) is 17.2 Å². The van der Waals surface area contributed by atoms with Gasteiger partial charge in [0.15, 0.2) is 11.9 Å². The lowest BCUT2D eigenvalue weighted by Gasteiger charge is -2.14. The normalized spacial score (nSPS) is 11.1. The molecule has 0 spiro atoms. The fraction of sp³-hybridized carbons (Fsp3) is 0.158. The third kappa shape index (κ3) is 4.75. The van der Waals surface area contributed by atoms with Crippen molar-refractivity contribution in [2.24, 2.45) is 0 Å². The maximum absolute atomic E-state index is 12.1. The quantitative estimate of drug-likeness (QED) is 0.669. The molecule has 0 radical (unpaired) electrons. The van der Waals surface area contributed by atoms with Gasteiger partial charge in [-0.05, 0) is 50.2 Å². The first-order valence-corrected chi connectivity index (χ1v) is 7.53. The van der Waals surface area contributed by atoms with Crippen LogP contribution in [0.4, 0.5) is 5.69 Å². The molecule has 2 rings (SSSR count). The molecule has 126 valence electrons. The zero-order valence-corrected chi connectivity index (χ0v) is 13.8. The fourth-order valence-corrected chi connectivity index (χ4v) is 2.02. The summed E-state index contributed by atoms with van der Waals surface area (Å²) >= 11 is 0. The van der Waals surface area contributed by atoms with Crippen LogP contribution in [0.5, 0.6) is 0 Å². The van der Waals surface area contributed by atoms with E-state index in [1.165, 1.54) is 38.1 Å². The molecule has 1 N–H and O–H groups in total. The van der Waals surface area contributed by atoms with Crippen molar-refractivity contribution in [3.8, 4) is 6.07 Å². The van der Waals surface area contributed by atoms with Crippen molar-refractivity contribution >= 4 is 23.3 Å². The van der Waals surface area contributed by atoms with Gasteiger partial charge in [0.1, 0.15) is 0 Å². The predicted molar refractivity (Wildman–Crippen MR) is 91.1 cm³/mol. The molecule has 0 fully saturated rings. The van der Waals surface area contributed by atoms with Gasteiger partial charge in [-0.25, -0.2) is 4.79 Å². The number of hydrogen-bond donors (Lipinski definition) is 1. The Bertz CT molecular complexity index is 850. The van der Waals surface area contributed by atoms with E-state index in [0.29, 0.717) is 16.8 Å². The molecule has 1 amide bonds. The van der Waals surface area contributed by atoms with Gasteiger partial charge in [-0.1, -0.05) is 12.1 Å². The van der Waals surface area contributed by atoms with Gasteiger partial charge in [-0.15, -0.1) is 0 Å². The van der Waals surface area contributed by atoms with Gasteiger partial charge < -0.3 is 10.1 Å². The van der Waals surface area contributed by atoms with Crippen molar-refractivity contribution in [1.82, 2.24) is 0 Å². The lowest BCUT2D eigenvalue weighted by atomic mass is 10.1. The third-order valence-corrected chi connectivity index (χ3v) is 3.44. The summed E-state index contributed by atoms with van der Waals surface area (Å²) in [5, 5.41) is 11.3. The molecule has 2 aromatic carbocycles. The van der Waals surface area contributed by atoms with Crippen molar-refractivity contribution in [1.29, 1.82) is 5.26 Å². The first-order valence-electron chi connectivity index (χ1n) is 7.53. The molecular weight excluding hydrogens is 320 g/mol. The van der Waals surface area contributed by atoms with Crippen LogP contribution in [-0.2, 0) is 9.53 Å². The minimum Gasteiger partial charge on any atom is -0.449 e. The van der Waals surface area contributed by atoms with Crippen molar-refractivity contribution in [2.75, 3.05) is 5.32 Å². The van der Waals surface area contributed by atoms with Crippen molar-refractivity contribution in [3.05, 3.63) is 65.2 Å². The molecule has 0 heterocycles. The number of rotatable bonds is 5. The average molecular weight is 336 g/mol. The first kappa shape index (κ1) is 17.9. The van der Waals surface area contributed by atoms with E-state index >= 15 is 0 Å². The highest BCUT2D eigenvalue weighted by atomic mass is 16.5. The zero-order valence-electron chi connectivity index (χ0n) is 13.8. The highest BCUT2D eigenvalue weighted by Gasteiger charge is 2.19. The first-order chi connectivity index (χ1) is 11.9. The van der Waals surface area contributed by atoms with E-state index in [9.17, 15) is 14.4 Å². The van der Waals surface area contributed by atoms with E-state index in [1.807, 2.05) is 6.07 Å². The molecule has 6 nitrogen and oxygen atoms in total. The highest BCUT2D eigenvalue weighted by Crippen LogP contribution is 2.13. The third-order valence-electron chi connectivity index (χ3n) is 3.44. The van der Waals surface area contributed by atoms with Crippen LogP contribution in [0, 0.1) is 11.3 Å². The van der Waals surface area contributed by atoms with Gasteiger partial charge in [-0.3, -0.25) is 9.59 Å². The number of carbonyl (C=O) groups excluding carboxylic acids is 3. The van der Waals surface area contributed by atoms with Gasteiger partial charge in [-0.2, -0.15) is 5.26 Å². The minimum absolute atomic E-state index is 0.114. The van der Waals surface area contributed by atoms with E-state index in [2.05, 4.69) is 5.32 Å². The summed E-state index contributed by atoms with van der Waals surface area (Å²) in [5.74, 6) is -1.29. The van der Waals surface area contributed by atoms with E-state index in [4.69, 9.17) is 10.00 Å². The molecule has 0 bridgehead atoms. The molecule has 6 heteroatoms. The number of esters is 1. The molecule has 0 saturated heterocycles. The SMILES string of the molecule is CC(=O)c1cccc(NC(=O)C(C)OC(=O)c2ccc(C#N)cc2)c1.